The summed E-state index contributed by atoms with van der Waals surface area (Å²) in [6.45, 7) is 3.86. The molecule has 0 fully saturated rings. The lowest BCUT2D eigenvalue weighted by atomic mass is 9.93. The average Bonchev–Trinajstić information content (AvgIpc) is 2.02. The third-order valence-corrected chi connectivity index (χ3v) is 1.73. The van der Waals surface area contributed by atoms with E-state index in [9.17, 15) is 5.11 Å². The molecule has 70 valence electrons. The highest BCUT2D eigenvalue weighted by Crippen LogP contribution is 2.17. The normalized spacial score (nSPS) is 10.7. The Labute approximate surface area is 74.6 Å². The smallest absolute Gasteiger partial charge is 0.125 e. The molecule has 2 N–H and O–H groups in total. The van der Waals surface area contributed by atoms with Crippen LogP contribution in [0.2, 0.25) is 0 Å². The maximum absolute atomic E-state index is 9.86. The molecule has 12 heavy (non-hydrogen) atoms. The zero-order chi connectivity index (χ0) is 9.45. The number of aliphatic hydroxyl groups is 2. The molecule has 0 saturated carbocycles. The van der Waals surface area contributed by atoms with Crippen LogP contribution in [-0.4, -0.2) is 22.4 Å². The van der Waals surface area contributed by atoms with Crippen LogP contribution in [0.4, 0.5) is 0 Å². The van der Waals surface area contributed by atoms with E-state index in [0.29, 0.717) is 12.8 Å². The highest BCUT2D eigenvalue weighted by molar-refractivity contribution is 5.13. The molecule has 0 bridgehead atoms. The highest BCUT2D eigenvalue weighted by atomic mass is 16.3. The fourth-order valence-corrected chi connectivity index (χ4v) is 1.28. The van der Waals surface area contributed by atoms with Gasteiger partial charge in [0, 0.05) is 0 Å². The van der Waals surface area contributed by atoms with Gasteiger partial charge in [0.25, 0.3) is 0 Å². The van der Waals surface area contributed by atoms with Crippen molar-refractivity contribution in [2.45, 2.75) is 45.1 Å². The largest absolute Gasteiger partial charge is 0.384 e. The Morgan fingerprint density at radius 3 is 2.00 bits per heavy atom. The molecular formula is C10H18O2. The van der Waals surface area contributed by atoms with Crippen LogP contribution in [-0.2, 0) is 0 Å². The summed E-state index contributed by atoms with van der Waals surface area (Å²) in [4.78, 5) is 0. The summed E-state index contributed by atoms with van der Waals surface area (Å²) in [6.07, 6.45) is 3.20. The zero-order valence-electron chi connectivity index (χ0n) is 7.93. The minimum atomic E-state index is -0.869. The minimum absolute atomic E-state index is 0.171. The van der Waals surface area contributed by atoms with Crippen molar-refractivity contribution in [3.8, 4) is 11.8 Å². The maximum atomic E-state index is 9.86. The second-order valence-corrected chi connectivity index (χ2v) is 2.99. The first kappa shape index (κ1) is 11.5. The molecule has 0 aliphatic carbocycles. The first-order chi connectivity index (χ1) is 5.68. The Balaban J connectivity index is 4.16. The molecule has 0 aliphatic rings. The van der Waals surface area contributed by atoms with Gasteiger partial charge in [0.15, 0.2) is 0 Å². The van der Waals surface area contributed by atoms with Crippen LogP contribution >= 0.6 is 0 Å². The quantitative estimate of drug-likeness (QED) is 0.625. The van der Waals surface area contributed by atoms with Gasteiger partial charge in [-0.15, -0.1) is 0 Å². The molecule has 0 spiro atoms. The van der Waals surface area contributed by atoms with E-state index in [0.717, 1.165) is 12.8 Å². The summed E-state index contributed by atoms with van der Waals surface area (Å²) >= 11 is 0. The SMILES string of the molecule is CCCC(O)(C#CCO)CCC. The van der Waals surface area contributed by atoms with Crippen LogP contribution in [0.5, 0.6) is 0 Å². The van der Waals surface area contributed by atoms with E-state index in [1.54, 1.807) is 0 Å². The molecule has 0 unspecified atom stereocenters. The second kappa shape index (κ2) is 6.05. The topological polar surface area (TPSA) is 40.5 Å². The number of aliphatic hydroxyl groups excluding tert-OH is 1. The van der Waals surface area contributed by atoms with Gasteiger partial charge >= 0.3 is 0 Å². The molecule has 0 heterocycles. The van der Waals surface area contributed by atoms with E-state index in [-0.39, 0.29) is 6.61 Å². The van der Waals surface area contributed by atoms with Crippen LogP contribution in [0.25, 0.3) is 0 Å². The van der Waals surface area contributed by atoms with Crippen LogP contribution in [0, 0.1) is 11.8 Å². The van der Waals surface area contributed by atoms with Gasteiger partial charge in [0.1, 0.15) is 12.2 Å². The lowest BCUT2D eigenvalue weighted by Gasteiger charge is -2.20. The van der Waals surface area contributed by atoms with Crippen molar-refractivity contribution in [2.75, 3.05) is 6.61 Å². The first-order valence-electron chi connectivity index (χ1n) is 4.51. The molecule has 0 radical (unpaired) electrons. The van der Waals surface area contributed by atoms with E-state index in [4.69, 9.17) is 5.11 Å². The third kappa shape index (κ3) is 4.38. The predicted molar refractivity (Wildman–Crippen MR) is 49.6 cm³/mol. The molecule has 2 nitrogen and oxygen atoms in total. The van der Waals surface area contributed by atoms with Crippen molar-refractivity contribution in [1.29, 1.82) is 0 Å². The maximum Gasteiger partial charge on any atom is 0.125 e. The Hall–Kier alpha value is -0.520. The van der Waals surface area contributed by atoms with Gasteiger partial charge < -0.3 is 10.2 Å². The molecule has 0 aromatic rings. The number of rotatable bonds is 4. The molecular weight excluding hydrogens is 152 g/mol. The molecule has 0 aromatic heterocycles. The standard InChI is InChI=1S/C10H18O2/c1-3-6-10(12,7-4-2)8-5-9-11/h11-12H,3-4,6-7,9H2,1-2H3. The van der Waals surface area contributed by atoms with Crippen molar-refractivity contribution in [3.05, 3.63) is 0 Å². The van der Waals surface area contributed by atoms with E-state index in [1.165, 1.54) is 0 Å². The van der Waals surface area contributed by atoms with Gasteiger partial charge in [-0.1, -0.05) is 38.5 Å². The van der Waals surface area contributed by atoms with E-state index >= 15 is 0 Å². The summed E-state index contributed by atoms with van der Waals surface area (Å²) < 4.78 is 0. The predicted octanol–water partition coefficient (Wildman–Crippen LogP) is 1.31. The molecule has 0 amide bonds. The summed E-state index contributed by atoms with van der Waals surface area (Å²) in [5, 5.41) is 18.3. The van der Waals surface area contributed by atoms with Crippen molar-refractivity contribution in [3.63, 3.8) is 0 Å². The average molecular weight is 170 g/mol. The van der Waals surface area contributed by atoms with Crippen molar-refractivity contribution in [1.82, 2.24) is 0 Å². The van der Waals surface area contributed by atoms with Gasteiger partial charge in [-0.3, -0.25) is 0 Å². The number of hydrogen-bond donors (Lipinski definition) is 2. The van der Waals surface area contributed by atoms with Crippen LogP contribution in [0.15, 0.2) is 0 Å². The Bertz CT molecular complexity index is 158. The molecule has 0 atom stereocenters. The Kier molecular flexibility index (Phi) is 5.79. The molecule has 2 heteroatoms. The Morgan fingerprint density at radius 2 is 1.67 bits per heavy atom. The van der Waals surface area contributed by atoms with E-state index < -0.39 is 5.60 Å². The van der Waals surface area contributed by atoms with Gasteiger partial charge in [-0.05, 0) is 12.8 Å². The van der Waals surface area contributed by atoms with E-state index in [2.05, 4.69) is 11.8 Å². The fraction of sp³-hybridized carbons (Fsp3) is 0.800. The lowest BCUT2D eigenvalue weighted by molar-refractivity contribution is 0.0804. The summed E-state index contributed by atoms with van der Waals surface area (Å²) in [6, 6.07) is 0. The van der Waals surface area contributed by atoms with Gasteiger partial charge in [-0.25, -0.2) is 0 Å². The van der Waals surface area contributed by atoms with Gasteiger partial charge in [0.2, 0.25) is 0 Å². The number of hydrogen-bond acceptors (Lipinski definition) is 2. The summed E-state index contributed by atoms with van der Waals surface area (Å²) in [5.74, 6) is 5.22. The van der Waals surface area contributed by atoms with Gasteiger partial charge in [-0.2, -0.15) is 0 Å². The summed E-state index contributed by atoms with van der Waals surface area (Å²) in [7, 11) is 0. The first-order valence-corrected chi connectivity index (χ1v) is 4.51. The molecule has 0 rings (SSSR count). The zero-order valence-corrected chi connectivity index (χ0v) is 7.93. The third-order valence-electron chi connectivity index (χ3n) is 1.73. The molecule has 0 saturated heterocycles. The Morgan fingerprint density at radius 1 is 1.17 bits per heavy atom. The molecule has 0 aliphatic heterocycles. The summed E-state index contributed by atoms with van der Waals surface area (Å²) in [5.41, 5.74) is -0.869. The minimum Gasteiger partial charge on any atom is -0.384 e. The second-order valence-electron chi connectivity index (χ2n) is 2.99. The van der Waals surface area contributed by atoms with Crippen LogP contribution < -0.4 is 0 Å². The van der Waals surface area contributed by atoms with Crippen molar-refractivity contribution >= 4 is 0 Å². The van der Waals surface area contributed by atoms with Gasteiger partial charge in [0.05, 0.1) is 0 Å². The van der Waals surface area contributed by atoms with Crippen molar-refractivity contribution in [2.24, 2.45) is 0 Å². The monoisotopic (exact) mass is 170 g/mol. The highest BCUT2D eigenvalue weighted by Gasteiger charge is 2.20. The fourth-order valence-electron chi connectivity index (χ4n) is 1.28. The van der Waals surface area contributed by atoms with Crippen LogP contribution in [0.3, 0.4) is 0 Å². The molecule has 0 aromatic carbocycles. The lowest BCUT2D eigenvalue weighted by Crippen LogP contribution is -2.25. The van der Waals surface area contributed by atoms with E-state index in [1.807, 2.05) is 13.8 Å². The van der Waals surface area contributed by atoms with Crippen LogP contribution in [0.1, 0.15) is 39.5 Å². The van der Waals surface area contributed by atoms with Crippen molar-refractivity contribution < 1.29 is 10.2 Å².